The van der Waals surface area contributed by atoms with E-state index in [9.17, 15) is 10.1 Å². The van der Waals surface area contributed by atoms with Crippen LogP contribution in [-0.2, 0) is 0 Å². The summed E-state index contributed by atoms with van der Waals surface area (Å²) in [6.45, 7) is 3.38. The predicted octanol–water partition coefficient (Wildman–Crippen LogP) is 2.32. The number of nitrogens with two attached hydrogens (primary N) is 1. The monoisotopic (exact) mass is 332 g/mol. The maximum absolute atomic E-state index is 10.8. The maximum Gasteiger partial charge on any atom is 0.290 e. The van der Waals surface area contributed by atoms with Gasteiger partial charge >= 0.3 is 0 Å². The van der Waals surface area contributed by atoms with Crippen LogP contribution >= 0.6 is 11.8 Å². The summed E-state index contributed by atoms with van der Waals surface area (Å²) >= 11 is 1.17. The highest BCUT2D eigenvalue weighted by molar-refractivity contribution is 7.99. The van der Waals surface area contributed by atoms with E-state index in [1.165, 1.54) is 22.5 Å². The van der Waals surface area contributed by atoms with E-state index in [0.717, 1.165) is 5.56 Å². The average Bonchev–Trinajstić information content (AvgIpc) is 3.06. The van der Waals surface area contributed by atoms with Gasteiger partial charge in [0.05, 0.1) is 16.7 Å². The molecule has 0 aliphatic heterocycles. The molecule has 0 amide bonds. The Kier molecular flexibility index (Phi) is 3.74. The minimum absolute atomic E-state index is 0.0294. The van der Waals surface area contributed by atoms with Crippen molar-refractivity contribution in [3.05, 3.63) is 46.0 Å². The lowest BCUT2D eigenvalue weighted by Crippen LogP contribution is -2.11. The van der Waals surface area contributed by atoms with Gasteiger partial charge in [-0.15, -0.1) is 10.2 Å². The first-order valence-corrected chi connectivity index (χ1v) is 7.34. The van der Waals surface area contributed by atoms with Gasteiger partial charge in [-0.05, 0) is 37.7 Å². The number of nitrogens with zero attached hydrogens (tertiary/aromatic N) is 5. The second-order valence-electron chi connectivity index (χ2n) is 4.68. The fourth-order valence-electron chi connectivity index (χ4n) is 2.02. The van der Waals surface area contributed by atoms with Crippen LogP contribution in [0.5, 0.6) is 0 Å². The Labute approximate surface area is 134 Å². The third-order valence-corrected chi connectivity index (χ3v) is 4.09. The lowest BCUT2D eigenvalue weighted by atomic mass is 10.2. The summed E-state index contributed by atoms with van der Waals surface area (Å²) in [4.78, 5) is 14.5. The van der Waals surface area contributed by atoms with Crippen LogP contribution in [0.4, 0.5) is 5.69 Å². The Morgan fingerprint density at radius 1 is 1.30 bits per heavy atom. The number of nitro groups is 1. The van der Waals surface area contributed by atoms with Gasteiger partial charge < -0.3 is 10.3 Å². The topological polar surface area (TPSA) is 126 Å². The van der Waals surface area contributed by atoms with E-state index in [0.29, 0.717) is 27.5 Å². The highest BCUT2D eigenvalue weighted by atomic mass is 32.2. The van der Waals surface area contributed by atoms with Crippen LogP contribution in [-0.4, -0.2) is 24.8 Å². The van der Waals surface area contributed by atoms with E-state index in [-0.39, 0.29) is 5.69 Å². The van der Waals surface area contributed by atoms with Crippen molar-refractivity contribution >= 4 is 17.4 Å². The van der Waals surface area contributed by atoms with Crippen LogP contribution in [0, 0.1) is 24.0 Å². The summed E-state index contributed by atoms with van der Waals surface area (Å²) in [5.74, 6) is 7.18. The number of nitrogen functional groups attached to an aromatic ring is 1. The second kappa shape index (κ2) is 5.72. The molecule has 0 aliphatic carbocycles. The quantitative estimate of drug-likeness (QED) is 0.438. The molecule has 0 aliphatic rings. The summed E-state index contributed by atoms with van der Waals surface area (Å²) in [5, 5.41) is 19.9. The van der Waals surface area contributed by atoms with Crippen molar-refractivity contribution in [3.63, 3.8) is 0 Å². The van der Waals surface area contributed by atoms with Crippen molar-refractivity contribution in [2.75, 3.05) is 5.84 Å². The highest BCUT2D eigenvalue weighted by Crippen LogP contribution is 2.29. The van der Waals surface area contributed by atoms with Crippen LogP contribution in [0.1, 0.15) is 11.5 Å². The molecule has 0 saturated carbocycles. The molecule has 3 heterocycles. The molecule has 0 fully saturated rings. The number of furan rings is 1. The van der Waals surface area contributed by atoms with Crippen LogP contribution in [0.25, 0.3) is 11.4 Å². The number of hydrogen-bond acceptors (Lipinski definition) is 8. The maximum atomic E-state index is 10.8. The Hall–Kier alpha value is -2.88. The van der Waals surface area contributed by atoms with E-state index in [2.05, 4.69) is 15.2 Å². The smallest absolute Gasteiger partial charge is 0.290 e. The SMILES string of the molecule is Cc1nc(Sc2nnc(-c3ccoc3C)n2N)ccc1[N+](=O)[O-]. The van der Waals surface area contributed by atoms with Gasteiger partial charge in [0.25, 0.3) is 5.69 Å². The average molecular weight is 332 g/mol. The van der Waals surface area contributed by atoms with Gasteiger partial charge in [0.1, 0.15) is 16.5 Å². The standard InChI is InChI=1S/C13H12N6O3S/c1-7-10(19(20)21)3-4-11(15-7)23-13-17-16-12(18(13)14)9-5-6-22-8(9)2/h3-6H,14H2,1-2H3. The molecular weight excluding hydrogens is 320 g/mol. The number of hydrogen-bond donors (Lipinski definition) is 1. The molecule has 3 aromatic heterocycles. The third-order valence-electron chi connectivity index (χ3n) is 3.19. The van der Waals surface area contributed by atoms with Crippen molar-refractivity contribution in [2.24, 2.45) is 0 Å². The van der Waals surface area contributed by atoms with E-state index >= 15 is 0 Å². The van der Waals surface area contributed by atoms with Crippen LogP contribution < -0.4 is 5.84 Å². The number of rotatable bonds is 4. The van der Waals surface area contributed by atoms with Crippen molar-refractivity contribution in [1.82, 2.24) is 19.9 Å². The molecule has 0 aromatic carbocycles. The molecule has 0 spiro atoms. The minimum atomic E-state index is -0.470. The van der Waals surface area contributed by atoms with E-state index in [1.54, 1.807) is 32.2 Å². The molecule has 0 radical (unpaired) electrons. The van der Waals surface area contributed by atoms with Gasteiger partial charge in [0, 0.05) is 6.07 Å². The van der Waals surface area contributed by atoms with Gasteiger partial charge in [-0.1, -0.05) is 0 Å². The first-order chi connectivity index (χ1) is 11.0. The van der Waals surface area contributed by atoms with E-state index < -0.39 is 4.92 Å². The Bertz CT molecular complexity index is 888. The number of aromatic nitrogens is 4. The molecule has 10 heteroatoms. The lowest BCUT2D eigenvalue weighted by Gasteiger charge is -2.03. The highest BCUT2D eigenvalue weighted by Gasteiger charge is 2.18. The Morgan fingerprint density at radius 2 is 2.09 bits per heavy atom. The van der Waals surface area contributed by atoms with Gasteiger partial charge in [-0.2, -0.15) is 0 Å². The summed E-state index contributed by atoms with van der Waals surface area (Å²) in [6, 6.07) is 4.71. The molecule has 0 saturated heterocycles. The zero-order chi connectivity index (χ0) is 16.6. The Morgan fingerprint density at radius 3 is 2.70 bits per heavy atom. The predicted molar refractivity (Wildman–Crippen MR) is 82.4 cm³/mol. The normalized spacial score (nSPS) is 10.9. The van der Waals surface area contributed by atoms with Crippen molar-refractivity contribution in [3.8, 4) is 11.4 Å². The molecule has 0 atom stereocenters. The largest absolute Gasteiger partial charge is 0.469 e. The first kappa shape index (κ1) is 15.0. The van der Waals surface area contributed by atoms with Crippen LogP contribution in [0.15, 0.2) is 39.1 Å². The van der Waals surface area contributed by atoms with Gasteiger partial charge in [0.15, 0.2) is 5.82 Å². The summed E-state index contributed by atoms with van der Waals surface area (Å²) in [6.07, 6.45) is 1.55. The Balaban J connectivity index is 1.90. The van der Waals surface area contributed by atoms with Crippen LogP contribution in [0.3, 0.4) is 0 Å². The minimum Gasteiger partial charge on any atom is -0.469 e. The van der Waals surface area contributed by atoms with Crippen molar-refractivity contribution in [2.45, 2.75) is 24.0 Å². The zero-order valence-corrected chi connectivity index (χ0v) is 13.1. The van der Waals surface area contributed by atoms with Crippen molar-refractivity contribution < 1.29 is 9.34 Å². The molecule has 0 unspecified atom stereocenters. The molecule has 3 rings (SSSR count). The fourth-order valence-corrected chi connectivity index (χ4v) is 2.79. The molecular formula is C13H12N6O3S. The van der Waals surface area contributed by atoms with E-state index in [1.807, 2.05) is 0 Å². The summed E-state index contributed by atoms with van der Waals surface area (Å²) < 4.78 is 6.57. The van der Waals surface area contributed by atoms with Gasteiger partial charge in [0.2, 0.25) is 5.16 Å². The molecule has 0 bridgehead atoms. The van der Waals surface area contributed by atoms with Gasteiger partial charge in [-0.3, -0.25) is 10.1 Å². The van der Waals surface area contributed by atoms with Crippen LogP contribution in [0.2, 0.25) is 0 Å². The van der Waals surface area contributed by atoms with E-state index in [4.69, 9.17) is 10.3 Å². The molecule has 2 N–H and O–H groups in total. The lowest BCUT2D eigenvalue weighted by molar-refractivity contribution is -0.385. The summed E-state index contributed by atoms with van der Waals surface area (Å²) in [5.41, 5.74) is 1.05. The third kappa shape index (κ3) is 2.75. The summed E-state index contributed by atoms with van der Waals surface area (Å²) in [7, 11) is 0. The zero-order valence-electron chi connectivity index (χ0n) is 12.3. The number of pyridine rings is 1. The molecule has 9 nitrogen and oxygen atoms in total. The van der Waals surface area contributed by atoms with Gasteiger partial charge in [-0.25, -0.2) is 9.66 Å². The molecule has 3 aromatic rings. The molecule has 23 heavy (non-hydrogen) atoms. The first-order valence-electron chi connectivity index (χ1n) is 6.52. The second-order valence-corrected chi connectivity index (χ2v) is 5.67. The fraction of sp³-hybridized carbons (Fsp3) is 0.154. The van der Waals surface area contributed by atoms with Crippen molar-refractivity contribution in [1.29, 1.82) is 0 Å². The number of aryl methyl sites for hydroxylation is 2. The molecule has 118 valence electrons.